The number of aromatic amines is 1. The summed E-state index contributed by atoms with van der Waals surface area (Å²) in [4.78, 5) is 22.2. The molecule has 1 aliphatic heterocycles. The first-order chi connectivity index (χ1) is 13.2. The SMILES string of the molecule is O=C(OCc1ccccc1)N1CCC[C@H]1c1cnc(-c2ccc(Br)cc2)[nH]1. The van der Waals surface area contributed by atoms with E-state index in [2.05, 4.69) is 25.9 Å². The zero-order valence-electron chi connectivity index (χ0n) is 14.8. The molecule has 1 aliphatic rings. The van der Waals surface area contributed by atoms with E-state index < -0.39 is 0 Å². The van der Waals surface area contributed by atoms with E-state index in [4.69, 9.17) is 4.74 Å². The lowest BCUT2D eigenvalue weighted by Gasteiger charge is -2.23. The summed E-state index contributed by atoms with van der Waals surface area (Å²) < 4.78 is 6.54. The fourth-order valence-electron chi connectivity index (χ4n) is 3.37. The van der Waals surface area contributed by atoms with Crippen molar-refractivity contribution in [2.45, 2.75) is 25.5 Å². The van der Waals surface area contributed by atoms with Gasteiger partial charge in [0.2, 0.25) is 0 Å². The summed E-state index contributed by atoms with van der Waals surface area (Å²) >= 11 is 3.44. The first-order valence-corrected chi connectivity index (χ1v) is 9.78. The van der Waals surface area contributed by atoms with Crippen molar-refractivity contribution in [3.8, 4) is 11.4 Å². The van der Waals surface area contributed by atoms with Crippen molar-refractivity contribution in [3.05, 3.63) is 76.5 Å². The first kappa shape index (κ1) is 17.8. The van der Waals surface area contributed by atoms with Crippen molar-refractivity contribution < 1.29 is 9.53 Å². The van der Waals surface area contributed by atoms with Crippen LogP contribution in [0.1, 0.15) is 30.1 Å². The van der Waals surface area contributed by atoms with E-state index in [9.17, 15) is 4.79 Å². The van der Waals surface area contributed by atoms with Gasteiger partial charge in [0, 0.05) is 16.6 Å². The third-order valence-electron chi connectivity index (χ3n) is 4.76. The van der Waals surface area contributed by atoms with Gasteiger partial charge >= 0.3 is 6.09 Å². The Kier molecular flexibility index (Phi) is 5.25. The molecule has 0 aliphatic carbocycles. The number of hydrogen-bond donors (Lipinski definition) is 1. The van der Waals surface area contributed by atoms with E-state index in [1.165, 1.54) is 0 Å². The number of rotatable bonds is 4. The molecule has 5 nitrogen and oxygen atoms in total. The van der Waals surface area contributed by atoms with Crippen LogP contribution in [0.25, 0.3) is 11.4 Å². The molecule has 1 fully saturated rings. The second-order valence-corrected chi connectivity index (χ2v) is 7.50. The summed E-state index contributed by atoms with van der Waals surface area (Å²) in [5.41, 5.74) is 2.95. The quantitative estimate of drug-likeness (QED) is 0.615. The monoisotopic (exact) mass is 425 g/mol. The zero-order chi connectivity index (χ0) is 18.6. The highest BCUT2D eigenvalue weighted by molar-refractivity contribution is 9.10. The topological polar surface area (TPSA) is 58.2 Å². The van der Waals surface area contributed by atoms with Crippen LogP contribution >= 0.6 is 15.9 Å². The third kappa shape index (κ3) is 4.06. The number of H-pyrrole nitrogens is 1. The molecule has 0 radical (unpaired) electrons. The normalized spacial score (nSPS) is 16.5. The number of hydrogen-bond acceptors (Lipinski definition) is 3. The Bertz CT molecular complexity index is 909. The molecule has 1 aromatic heterocycles. The number of benzene rings is 2. The van der Waals surface area contributed by atoms with Crippen molar-refractivity contribution in [2.24, 2.45) is 0 Å². The van der Waals surface area contributed by atoms with Gasteiger partial charge in [-0.3, -0.25) is 4.90 Å². The van der Waals surface area contributed by atoms with Gasteiger partial charge in [0.05, 0.1) is 17.9 Å². The molecule has 1 atom stereocenters. The molecule has 0 unspecified atom stereocenters. The van der Waals surface area contributed by atoms with Crippen molar-refractivity contribution >= 4 is 22.0 Å². The molecule has 2 aromatic carbocycles. The van der Waals surface area contributed by atoms with Crippen LogP contribution in [0.3, 0.4) is 0 Å². The number of likely N-dealkylation sites (tertiary alicyclic amines) is 1. The Hall–Kier alpha value is -2.60. The second kappa shape index (κ2) is 7.96. The molecule has 0 saturated carbocycles. The standard InChI is InChI=1S/C21H20BrN3O2/c22-17-10-8-16(9-11-17)20-23-13-18(24-20)19-7-4-12-25(19)21(26)27-14-15-5-2-1-3-6-15/h1-3,5-6,8-11,13,19H,4,7,12,14H2,(H,23,24)/t19-/m0/s1. The van der Waals surface area contributed by atoms with Gasteiger partial charge in [0.25, 0.3) is 0 Å². The fraction of sp³-hybridized carbons (Fsp3) is 0.238. The average molecular weight is 426 g/mol. The molecule has 4 rings (SSSR count). The second-order valence-electron chi connectivity index (χ2n) is 6.59. The van der Waals surface area contributed by atoms with Gasteiger partial charge in [-0.05, 0) is 30.5 Å². The van der Waals surface area contributed by atoms with Crippen LogP contribution in [0.15, 0.2) is 65.3 Å². The zero-order valence-corrected chi connectivity index (χ0v) is 16.4. The summed E-state index contributed by atoms with van der Waals surface area (Å²) in [5.74, 6) is 0.807. The summed E-state index contributed by atoms with van der Waals surface area (Å²) in [5, 5.41) is 0. The Morgan fingerprint density at radius 2 is 1.96 bits per heavy atom. The minimum atomic E-state index is -0.277. The molecule has 1 saturated heterocycles. The molecule has 0 spiro atoms. The summed E-state index contributed by atoms with van der Waals surface area (Å²) in [6.45, 7) is 0.987. The Morgan fingerprint density at radius 1 is 1.19 bits per heavy atom. The van der Waals surface area contributed by atoms with Crippen molar-refractivity contribution in [1.82, 2.24) is 14.9 Å². The molecule has 1 N–H and O–H groups in total. The van der Waals surface area contributed by atoms with Crippen LogP contribution < -0.4 is 0 Å². The number of imidazole rings is 1. The highest BCUT2D eigenvalue weighted by Crippen LogP contribution is 2.32. The van der Waals surface area contributed by atoms with Crippen LogP contribution in [-0.4, -0.2) is 27.5 Å². The molecular formula is C21H20BrN3O2. The predicted molar refractivity (Wildman–Crippen MR) is 107 cm³/mol. The molecule has 2 heterocycles. The van der Waals surface area contributed by atoms with Gasteiger partial charge in [0.15, 0.2) is 0 Å². The summed E-state index contributed by atoms with van der Waals surface area (Å²) in [7, 11) is 0. The predicted octanol–water partition coefficient (Wildman–Crippen LogP) is 5.31. The van der Waals surface area contributed by atoms with E-state index in [0.717, 1.165) is 40.0 Å². The fourth-order valence-corrected chi connectivity index (χ4v) is 3.63. The molecule has 3 aromatic rings. The highest BCUT2D eigenvalue weighted by atomic mass is 79.9. The van der Waals surface area contributed by atoms with Crippen molar-refractivity contribution in [1.29, 1.82) is 0 Å². The smallest absolute Gasteiger partial charge is 0.410 e. The molecule has 1 amide bonds. The van der Waals surface area contributed by atoms with E-state index in [1.54, 1.807) is 4.90 Å². The Labute approximate surface area is 166 Å². The average Bonchev–Trinajstić information content (AvgIpc) is 3.37. The maximum atomic E-state index is 12.6. The maximum Gasteiger partial charge on any atom is 0.410 e. The number of aromatic nitrogens is 2. The number of ether oxygens (including phenoxy) is 1. The van der Waals surface area contributed by atoms with Crippen LogP contribution in [0, 0.1) is 0 Å². The first-order valence-electron chi connectivity index (χ1n) is 8.99. The minimum Gasteiger partial charge on any atom is -0.445 e. The van der Waals surface area contributed by atoms with E-state index in [1.807, 2.05) is 60.8 Å². The van der Waals surface area contributed by atoms with Crippen LogP contribution in [0.2, 0.25) is 0 Å². The number of nitrogens with zero attached hydrogens (tertiary/aromatic N) is 2. The maximum absolute atomic E-state index is 12.6. The number of amides is 1. The lowest BCUT2D eigenvalue weighted by atomic mass is 10.1. The molecule has 138 valence electrons. The number of carbonyl (C=O) groups excluding carboxylic acids is 1. The van der Waals surface area contributed by atoms with Gasteiger partial charge in [-0.15, -0.1) is 0 Å². The summed E-state index contributed by atoms with van der Waals surface area (Å²) in [6, 6.07) is 17.7. The van der Waals surface area contributed by atoms with Gasteiger partial charge in [-0.2, -0.15) is 0 Å². The number of carbonyl (C=O) groups is 1. The Morgan fingerprint density at radius 3 is 2.74 bits per heavy atom. The van der Waals surface area contributed by atoms with Gasteiger partial charge in [0.1, 0.15) is 12.4 Å². The van der Waals surface area contributed by atoms with Crippen LogP contribution in [-0.2, 0) is 11.3 Å². The lowest BCUT2D eigenvalue weighted by molar-refractivity contribution is 0.0915. The molecular weight excluding hydrogens is 406 g/mol. The van der Waals surface area contributed by atoms with Crippen molar-refractivity contribution in [3.63, 3.8) is 0 Å². The lowest BCUT2D eigenvalue weighted by Crippen LogP contribution is -2.31. The molecule has 0 bridgehead atoms. The van der Waals surface area contributed by atoms with E-state index >= 15 is 0 Å². The van der Waals surface area contributed by atoms with Crippen LogP contribution in [0.4, 0.5) is 4.79 Å². The molecule has 27 heavy (non-hydrogen) atoms. The largest absolute Gasteiger partial charge is 0.445 e. The summed E-state index contributed by atoms with van der Waals surface area (Å²) in [6.07, 6.45) is 3.41. The minimum absolute atomic E-state index is 0.0232. The van der Waals surface area contributed by atoms with Gasteiger partial charge in [-0.25, -0.2) is 9.78 Å². The van der Waals surface area contributed by atoms with Crippen LogP contribution in [0.5, 0.6) is 0 Å². The Balaban J connectivity index is 1.45. The van der Waals surface area contributed by atoms with Gasteiger partial charge in [-0.1, -0.05) is 58.4 Å². The molecule has 6 heteroatoms. The number of nitrogens with one attached hydrogen (secondary N) is 1. The number of halogens is 1. The van der Waals surface area contributed by atoms with E-state index in [0.29, 0.717) is 6.54 Å². The van der Waals surface area contributed by atoms with Crippen molar-refractivity contribution in [2.75, 3.05) is 6.54 Å². The third-order valence-corrected chi connectivity index (χ3v) is 5.29. The highest BCUT2D eigenvalue weighted by Gasteiger charge is 2.32. The van der Waals surface area contributed by atoms with Gasteiger partial charge < -0.3 is 9.72 Å². The van der Waals surface area contributed by atoms with E-state index in [-0.39, 0.29) is 18.7 Å².